The molecule has 0 aliphatic carbocycles. The van der Waals surface area contributed by atoms with E-state index in [0.717, 1.165) is 5.56 Å². The molecule has 0 fully saturated rings. The van der Waals surface area contributed by atoms with Gasteiger partial charge in [-0.25, -0.2) is 4.79 Å². The van der Waals surface area contributed by atoms with Crippen LogP contribution in [0.15, 0.2) is 29.1 Å². The lowest BCUT2D eigenvalue weighted by molar-refractivity contribution is 0.876. The maximum absolute atomic E-state index is 11.4. The van der Waals surface area contributed by atoms with Gasteiger partial charge in [-0.3, -0.25) is 4.98 Å². The molecule has 0 bridgehead atoms. The predicted octanol–water partition coefficient (Wildman–Crippen LogP) is 1.89. The Labute approximate surface area is 117 Å². The van der Waals surface area contributed by atoms with Gasteiger partial charge in [0.05, 0.1) is 0 Å². The number of aryl methyl sites for hydroxylation is 2. The van der Waals surface area contributed by atoms with Gasteiger partial charge >= 0.3 is 5.69 Å². The molecule has 20 heavy (non-hydrogen) atoms. The lowest BCUT2D eigenvalue weighted by Crippen LogP contribution is -2.22. The highest BCUT2D eigenvalue weighted by molar-refractivity contribution is 5.42. The molecule has 0 spiro atoms. The molecule has 5 nitrogen and oxygen atoms in total. The number of hydrogen-bond donors (Lipinski definition) is 1. The molecule has 0 atom stereocenters. The Morgan fingerprint density at radius 1 is 1.30 bits per heavy atom. The SMILES string of the molecule is Cc1ccc(CN(C)c2cc(C#N)[nH]c(=O)n2)cc1C. The highest BCUT2D eigenvalue weighted by Crippen LogP contribution is 2.14. The molecule has 0 aliphatic rings. The molecule has 2 aromatic rings. The molecule has 5 heteroatoms. The standard InChI is InChI=1S/C15H16N4O/c1-10-4-5-12(6-11(10)2)9-19(3)14-7-13(8-16)17-15(20)18-14/h4-7H,9H2,1-3H3,(H,17,18,20). The molecule has 0 saturated carbocycles. The molecule has 0 unspecified atom stereocenters. The number of hydrogen-bond acceptors (Lipinski definition) is 4. The molecule has 102 valence electrons. The van der Waals surface area contributed by atoms with E-state index >= 15 is 0 Å². The van der Waals surface area contributed by atoms with Crippen molar-refractivity contribution in [2.75, 3.05) is 11.9 Å². The fourth-order valence-corrected chi connectivity index (χ4v) is 1.96. The highest BCUT2D eigenvalue weighted by atomic mass is 16.1. The Balaban J connectivity index is 2.26. The number of nitrogens with one attached hydrogen (secondary N) is 1. The number of H-pyrrole nitrogens is 1. The molecule has 1 N–H and O–H groups in total. The quantitative estimate of drug-likeness (QED) is 0.922. The number of nitrogens with zero attached hydrogens (tertiary/aromatic N) is 3. The average molecular weight is 268 g/mol. The van der Waals surface area contributed by atoms with Crippen LogP contribution in [0.3, 0.4) is 0 Å². The number of aromatic nitrogens is 2. The summed E-state index contributed by atoms with van der Waals surface area (Å²) in [6, 6.07) is 9.74. The van der Waals surface area contributed by atoms with Crippen LogP contribution in [0.5, 0.6) is 0 Å². The third kappa shape index (κ3) is 3.04. The summed E-state index contributed by atoms with van der Waals surface area (Å²) in [6.45, 7) is 4.76. The number of benzene rings is 1. The van der Waals surface area contributed by atoms with Gasteiger partial charge in [-0.1, -0.05) is 18.2 Å². The minimum absolute atomic E-state index is 0.215. The highest BCUT2D eigenvalue weighted by Gasteiger charge is 2.07. The van der Waals surface area contributed by atoms with Gasteiger partial charge in [-0.2, -0.15) is 10.2 Å². The van der Waals surface area contributed by atoms with Crippen molar-refractivity contribution >= 4 is 5.82 Å². The summed E-state index contributed by atoms with van der Waals surface area (Å²) in [5.74, 6) is 0.489. The van der Waals surface area contributed by atoms with Gasteiger partial charge in [0.1, 0.15) is 17.6 Å². The van der Waals surface area contributed by atoms with E-state index in [2.05, 4.69) is 42.0 Å². The second-order valence-electron chi connectivity index (χ2n) is 4.84. The fourth-order valence-electron chi connectivity index (χ4n) is 1.96. The van der Waals surface area contributed by atoms with Crippen LogP contribution in [-0.4, -0.2) is 17.0 Å². The lowest BCUT2D eigenvalue weighted by Gasteiger charge is -2.18. The van der Waals surface area contributed by atoms with Crippen LogP contribution in [-0.2, 0) is 6.54 Å². The molecule has 0 amide bonds. The first-order valence-electron chi connectivity index (χ1n) is 6.28. The first-order chi connectivity index (χ1) is 9.49. The van der Waals surface area contributed by atoms with E-state index in [1.165, 1.54) is 11.1 Å². The first kappa shape index (κ1) is 13.8. The Hall–Kier alpha value is -2.61. The van der Waals surface area contributed by atoms with Crippen LogP contribution in [0.25, 0.3) is 0 Å². The zero-order valence-electron chi connectivity index (χ0n) is 11.8. The molecule has 1 aromatic heterocycles. The normalized spacial score (nSPS) is 10.1. The fraction of sp³-hybridized carbons (Fsp3) is 0.267. The number of rotatable bonds is 3. The van der Waals surface area contributed by atoms with Crippen molar-refractivity contribution in [2.45, 2.75) is 20.4 Å². The molecule has 2 rings (SSSR count). The van der Waals surface area contributed by atoms with Gasteiger partial charge in [0, 0.05) is 19.7 Å². The van der Waals surface area contributed by atoms with Crippen LogP contribution in [0, 0.1) is 25.2 Å². The lowest BCUT2D eigenvalue weighted by atomic mass is 10.1. The maximum atomic E-state index is 11.4. The molecule has 0 radical (unpaired) electrons. The number of aromatic amines is 1. The van der Waals surface area contributed by atoms with E-state index in [9.17, 15) is 4.79 Å². The summed E-state index contributed by atoms with van der Waals surface area (Å²) in [4.78, 5) is 19.5. The van der Waals surface area contributed by atoms with E-state index < -0.39 is 5.69 Å². The van der Waals surface area contributed by atoms with E-state index in [1.807, 2.05) is 18.0 Å². The summed E-state index contributed by atoms with van der Waals surface area (Å²) >= 11 is 0. The van der Waals surface area contributed by atoms with Gasteiger partial charge in [0.25, 0.3) is 0 Å². The first-order valence-corrected chi connectivity index (χ1v) is 6.28. The summed E-state index contributed by atoms with van der Waals surface area (Å²) in [5.41, 5.74) is 3.32. The zero-order chi connectivity index (χ0) is 14.7. The van der Waals surface area contributed by atoms with Gasteiger partial charge in [0.2, 0.25) is 0 Å². The summed E-state index contributed by atoms with van der Waals surface area (Å²) < 4.78 is 0. The Morgan fingerprint density at radius 3 is 2.70 bits per heavy atom. The van der Waals surface area contributed by atoms with Crippen molar-refractivity contribution in [3.8, 4) is 6.07 Å². The van der Waals surface area contributed by atoms with Gasteiger partial charge in [0.15, 0.2) is 0 Å². The van der Waals surface area contributed by atoms with E-state index in [0.29, 0.717) is 12.4 Å². The second kappa shape index (κ2) is 5.57. The monoisotopic (exact) mass is 268 g/mol. The van der Waals surface area contributed by atoms with Crippen molar-refractivity contribution in [3.05, 3.63) is 57.1 Å². The summed E-state index contributed by atoms with van der Waals surface area (Å²) in [6.07, 6.45) is 0. The molecule has 1 aromatic carbocycles. The average Bonchev–Trinajstić information content (AvgIpc) is 2.42. The number of nitriles is 1. The second-order valence-corrected chi connectivity index (χ2v) is 4.84. The van der Waals surface area contributed by atoms with Gasteiger partial charge in [-0.05, 0) is 30.5 Å². The van der Waals surface area contributed by atoms with Crippen LogP contribution in [0.4, 0.5) is 5.82 Å². The van der Waals surface area contributed by atoms with Crippen molar-refractivity contribution in [1.29, 1.82) is 5.26 Å². The molecule has 1 heterocycles. The van der Waals surface area contributed by atoms with Crippen LogP contribution in [0.2, 0.25) is 0 Å². The van der Waals surface area contributed by atoms with Crippen molar-refractivity contribution < 1.29 is 0 Å². The van der Waals surface area contributed by atoms with Crippen LogP contribution < -0.4 is 10.6 Å². The molecule has 0 saturated heterocycles. The van der Waals surface area contributed by atoms with E-state index in [1.54, 1.807) is 6.07 Å². The van der Waals surface area contributed by atoms with E-state index in [-0.39, 0.29) is 5.69 Å². The Kier molecular flexibility index (Phi) is 3.85. The third-order valence-electron chi connectivity index (χ3n) is 3.23. The predicted molar refractivity (Wildman–Crippen MR) is 77.6 cm³/mol. The summed E-state index contributed by atoms with van der Waals surface area (Å²) in [5, 5.41) is 8.86. The Morgan fingerprint density at radius 2 is 2.05 bits per heavy atom. The van der Waals surface area contributed by atoms with Gasteiger partial charge in [-0.15, -0.1) is 0 Å². The van der Waals surface area contributed by atoms with Crippen molar-refractivity contribution in [3.63, 3.8) is 0 Å². The minimum atomic E-state index is -0.508. The van der Waals surface area contributed by atoms with Gasteiger partial charge < -0.3 is 4.90 Å². The van der Waals surface area contributed by atoms with Crippen LogP contribution in [0.1, 0.15) is 22.4 Å². The van der Waals surface area contributed by atoms with Crippen molar-refractivity contribution in [1.82, 2.24) is 9.97 Å². The van der Waals surface area contributed by atoms with Crippen LogP contribution >= 0.6 is 0 Å². The summed E-state index contributed by atoms with van der Waals surface area (Å²) in [7, 11) is 1.85. The Bertz CT molecular complexity index is 727. The molecular formula is C15H16N4O. The maximum Gasteiger partial charge on any atom is 0.347 e. The largest absolute Gasteiger partial charge is 0.355 e. The topological polar surface area (TPSA) is 72.8 Å². The molecule has 0 aliphatic heterocycles. The number of anilines is 1. The van der Waals surface area contributed by atoms with Crippen molar-refractivity contribution in [2.24, 2.45) is 0 Å². The molecular weight excluding hydrogens is 252 g/mol. The third-order valence-corrected chi connectivity index (χ3v) is 3.23. The van der Waals surface area contributed by atoms with E-state index in [4.69, 9.17) is 5.26 Å². The zero-order valence-corrected chi connectivity index (χ0v) is 11.8. The minimum Gasteiger partial charge on any atom is -0.355 e. The smallest absolute Gasteiger partial charge is 0.347 e.